The topological polar surface area (TPSA) is 78.5 Å². The third-order valence-electron chi connectivity index (χ3n) is 4.76. The lowest BCUT2D eigenvalue weighted by molar-refractivity contribution is -0.128. The molecule has 1 aliphatic rings. The van der Waals surface area contributed by atoms with Crippen LogP contribution in [0.3, 0.4) is 0 Å². The summed E-state index contributed by atoms with van der Waals surface area (Å²) in [4.78, 5) is 12.9. The van der Waals surface area contributed by atoms with Gasteiger partial charge in [-0.15, -0.1) is 12.4 Å². The van der Waals surface area contributed by atoms with Crippen LogP contribution in [0.25, 0.3) is 0 Å². The quantitative estimate of drug-likeness (QED) is 0.685. The third-order valence-corrected chi connectivity index (χ3v) is 6.64. The first-order chi connectivity index (χ1) is 11.5. The molecule has 6 nitrogen and oxygen atoms in total. The Hall–Kier alpha value is -1.15. The van der Waals surface area contributed by atoms with Crippen molar-refractivity contribution in [1.82, 2.24) is 14.9 Å². The molecule has 142 valence electrons. The summed E-state index contributed by atoms with van der Waals surface area (Å²) in [5.41, 5.74) is 0.301. The first-order valence-corrected chi connectivity index (χ1v) is 10.0. The standard InChI is InChI=1S/C17H27N3O3S.ClH/c1-3-24(22,23)20-13-9-17(10-14-20,15-7-5-4-6-8-15)16(21)19-12-11-18-2;/h4-8,18H,3,9-14H2,1-2H3,(H,19,21);1H. The zero-order chi connectivity index (χ0) is 17.6. The predicted octanol–water partition coefficient (Wildman–Crippen LogP) is 1.13. The molecular formula is C17H28ClN3O3S. The summed E-state index contributed by atoms with van der Waals surface area (Å²) < 4.78 is 25.7. The maximum atomic E-state index is 12.9. The SMILES string of the molecule is CCS(=O)(=O)N1CCC(C(=O)NCCNC)(c2ccccc2)CC1.Cl. The molecule has 1 aliphatic heterocycles. The molecule has 0 aromatic heterocycles. The molecule has 0 spiro atoms. The highest BCUT2D eigenvalue weighted by Gasteiger charge is 2.44. The average Bonchev–Trinajstić information content (AvgIpc) is 2.62. The zero-order valence-corrected chi connectivity index (χ0v) is 16.5. The van der Waals surface area contributed by atoms with Gasteiger partial charge in [0, 0.05) is 26.2 Å². The van der Waals surface area contributed by atoms with Gasteiger partial charge in [-0.05, 0) is 32.4 Å². The van der Waals surface area contributed by atoms with Crippen LogP contribution in [0.1, 0.15) is 25.3 Å². The van der Waals surface area contributed by atoms with Crippen LogP contribution in [-0.2, 0) is 20.2 Å². The maximum Gasteiger partial charge on any atom is 0.230 e. The molecule has 8 heteroatoms. The van der Waals surface area contributed by atoms with E-state index in [0.717, 1.165) is 5.56 Å². The number of hydrogen-bond acceptors (Lipinski definition) is 4. The molecule has 0 aliphatic carbocycles. The number of nitrogens with one attached hydrogen (secondary N) is 2. The van der Waals surface area contributed by atoms with Gasteiger partial charge in [-0.2, -0.15) is 0 Å². The van der Waals surface area contributed by atoms with E-state index in [2.05, 4.69) is 10.6 Å². The number of hydrogen-bond donors (Lipinski definition) is 2. The van der Waals surface area contributed by atoms with E-state index >= 15 is 0 Å². The lowest BCUT2D eigenvalue weighted by Crippen LogP contribution is -2.53. The van der Waals surface area contributed by atoms with E-state index in [0.29, 0.717) is 39.0 Å². The molecule has 2 N–H and O–H groups in total. The fourth-order valence-electron chi connectivity index (χ4n) is 3.20. The second kappa shape index (κ2) is 9.52. The van der Waals surface area contributed by atoms with Gasteiger partial charge in [0.25, 0.3) is 0 Å². The summed E-state index contributed by atoms with van der Waals surface area (Å²) in [6, 6.07) is 9.69. The van der Waals surface area contributed by atoms with Crippen LogP contribution in [0.15, 0.2) is 30.3 Å². The maximum absolute atomic E-state index is 12.9. The van der Waals surface area contributed by atoms with Gasteiger partial charge < -0.3 is 10.6 Å². The molecular weight excluding hydrogens is 362 g/mol. The molecule has 25 heavy (non-hydrogen) atoms. The molecule has 0 radical (unpaired) electrons. The lowest BCUT2D eigenvalue weighted by Gasteiger charge is -2.40. The molecule has 0 bridgehead atoms. The highest BCUT2D eigenvalue weighted by Crippen LogP contribution is 2.36. The fourth-order valence-corrected chi connectivity index (χ4v) is 4.31. The molecule has 0 unspecified atom stereocenters. The average molecular weight is 390 g/mol. The molecule has 1 saturated heterocycles. The van der Waals surface area contributed by atoms with Crippen LogP contribution in [0.2, 0.25) is 0 Å². The number of rotatable bonds is 7. The van der Waals surface area contributed by atoms with E-state index in [-0.39, 0.29) is 24.1 Å². The molecule has 1 heterocycles. The Balaban J connectivity index is 0.00000312. The number of carbonyl (C=O) groups excluding carboxylic acids is 1. The van der Waals surface area contributed by atoms with Crippen molar-refractivity contribution in [1.29, 1.82) is 0 Å². The number of amides is 1. The van der Waals surface area contributed by atoms with Crippen molar-refractivity contribution >= 4 is 28.3 Å². The number of likely N-dealkylation sites (N-methyl/N-ethyl adjacent to an activating group) is 1. The normalized spacial score (nSPS) is 17.5. The number of sulfonamides is 1. The Morgan fingerprint density at radius 3 is 2.28 bits per heavy atom. The van der Waals surface area contributed by atoms with E-state index in [4.69, 9.17) is 0 Å². The van der Waals surface area contributed by atoms with Crippen molar-refractivity contribution in [2.75, 3.05) is 39.0 Å². The van der Waals surface area contributed by atoms with Gasteiger partial charge in [0.1, 0.15) is 0 Å². The minimum absolute atomic E-state index is 0. The third kappa shape index (κ3) is 4.94. The van der Waals surface area contributed by atoms with Crippen molar-refractivity contribution in [3.05, 3.63) is 35.9 Å². The molecule has 0 saturated carbocycles. The second-order valence-electron chi connectivity index (χ2n) is 6.11. The van der Waals surface area contributed by atoms with Crippen LogP contribution in [0, 0.1) is 0 Å². The Bertz CT molecular complexity index is 644. The van der Waals surface area contributed by atoms with Gasteiger partial charge in [0.2, 0.25) is 15.9 Å². The summed E-state index contributed by atoms with van der Waals surface area (Å²) >= 11 is 0. The van der Waals surface area contributed by atoms with E-state index in [1.54, 1.807) is 6.92 Å². The van der Waals surface area contributed by atoms with Gasteiger partial charge in [-0.3, -0.25) is 4.79 Å². The number of benzene rings is 1. The molecule has 1 fully saturated rings. The summed E-state index contributed by atoms with van der Waals surface area (Å²) in [6.07, 6.45) is 1.00. The summed E-state index contributed by atoms with van der Waals surface area (Å²) in [5.74, 6) is 0.0807. The molecule has 1 aromatic rings. The summed E-state index contributed by atoms with van der Waals surface area (Å²) in [7, 11) is -1.37. The van der Waals surface area contributed by atoms with Crippen LogP contribution >= 0.6 is 12.4 Å². The van der Waals surface area contributed by atoms with E-state index in [9.17, 15) is 13.2 Å². The van der Waals surface area contributed by atoms with Crippen molar-refractivity contribution in [2.45, 2.75) is 25.2 Å². The Morgan fingerprint density at radius 1 is 1.16 bits per heavy atom. The van der Waals surface area contributed by atoms with Crippen molar-refractivity contribution in [3.8, 4) is 0 Å². The Kier molecular flexibility index (Phi) is 8.34. The molecule has 1 aromatic carbocycles. The highest BCUT2D eigenvalue weighted by atomic mass is 35.5. The van der Waals surface area contributed by atoms with Crippen LogP contribution < -0.4 is 10.6 Å². The highest BCUT2D eigenvalue weighted by molar-refractivity contribution is 7.89. The second-order valence-corrected chi connectivity index (χ2v) is 8.36. The Labute approximate surface area is 156 Å². The van der Waals surface area contributed by atoms with Gasteiger partial charge in [-0.1, -0.05) is 30.3 Å². The number of carbonyl (C=O) groups is 1. The zero-order valence-electron chi connectivity index (χ0n) is 14.8. The van der Waals surface area contributed by atoms with Crippen LogP contribution in [0.5, 0.6) is 0 Å². The van der Waals surface area contributed by atoms with E-state index in [1.165, 1.54) is 4.31 Å². The fraction of sp³-hybridized carbons (Fsp3) is 0.588. The minimum atomic E-state index is -3.21. The summed E-state index contributed by atoms with van der Waals surface area (Å²) in [5, 5.41) is 6.00. The predicted molar refractivity (Wildman–Crippen MR) is 103 cm³/mol. The van der Waals surface area contributed by atoms with Crippen molar-refractivity contribution < 1.29 is 13.2 Å². The van der Waals surface area contributed by atoms with Gasteiger partial charge >= 0.3 is 0 Å². The number of piperidine rings is 1. The first kappa shape index (κ1) is 21.9. The van der Waals surface area contributed by atoms with Crippen molar-refractivity contribution in [2.24, 2.45) is 0 Å². The van der Waals surface area contributed by atoms with Crippen LogP contribution in [0.4, 0.5) is 0 Å². The van der Waals surface area contributed by atoms with Gasteiger partial charge in [0.15, 0.2) is 0 Å². The van der Waals surface area contributed by atoms with Crippen molar-refractivity contribution in [3.63, 3.8) is 0 Å². The summed E-state index contributed by atoms with van der Waals surface area (Å²) in [6.45, 7) is 3.67. The van der Waals surface area contributed by atoms with E-state index in [1.807, 2.05) is 37.4 Å². The largest absolute Gasteiger partial charge is 0.354 e. The van der Waals surface area contributed by atoms with Crippen LogP contribution in [-0.4, -0.2) is 57.6 Å². The van der Waals surface area contributed by atoms with Gasteiger partial charge in [0.05, 0.1) is 11.2 Å². The monoisotopic (exact) mass is 389 g/mol. The molecule has 2 rings (SSSR count). The van der Waals surface area contributed by atoms with Gasteiger partial charge in [-0.25, -0.2) is 12.7 Å². The first-order valence-electron chi connectivity index (χ1n) is 8.42. The number of halogens is 1. The Morgan fingerprint density at radius 2 is 1.76 bits per heavy atom. The minimum Gasteiger partial charge on any atom is -0.354 e. The molecule has 1 amide bonds. The lowest BCUT2D eigenvalue weighted by atomic mass is 9.72. The molecule has 0 atom stereocenters. The number of nitrogens with zero attached hydrogens (tertiary/aromatic N) is 1. The smallest absolute Gasteiger partial charge is 0.230 e. The van der Waals surface area contributed by atoms with E-state index < -0.39 is 15.4 Å².